The van der Waals surface area contributed by atoms with Gasteiger partial charge in [0.25, 0.3) is 11.1 Å². The normalized spacial score (nSPS) is 16.0. The topological polar surface area (TPSA) is 85.1 Å². The van der Waals surface area contributed by atoms with Crippen molar-refractivity contribution >= 4 is 51.7 Å². The van der Waals surface area contributed by atoms with Crippen LogP contribution in [-0.2, 0) is 4.79 Å². The van der Waals surface area contributed by atoms with E-state index in [1.54, 1.807) is 42.5 Å². The van der Waals surface area contributed by atoms with Crippen LogP contribution in [0.2, 0.25) is 0 Å². The van der Waals surface area contributed by atoms with Crippen molar-refractivity contribution in [1.29, 1.82) is 0 Å². The molecule has 0 saturated carbocycles. The molecule has 124 valence electrons. The van der Waals surface area contributed by atoms with Crippen molar-refractivity contribution in [3.8, 4) is 11.1 Å². The number of rotatable bonds is 3. The lowest BCUT2D eigenvalue weighted by Gasteiger charge is -2.02. The van der Waals surface area contributed by atoms with Crippen molar-refractivity contribution in [3.63, 3.8) is 0 Å². The highest BCUT2D eigenvalue weighted by atomic mass is 32.2. The van der Waals surface area contributed by atoms with Crippen LogP contribution in [0.5, 0.6) is 0 Å². The number of pyridine rings is 2. The number of amides is 2. The van der Waals surface area contributed by atoms with Crippen LogP contribution in [0, 0.1) is 0 Å². The number of nitrogens with zero attached hydrogens (tertiary/aromatic N) is 2. The molecular weight excluding hydrogens is 358 g/mol. The number of fused-ring (bicyclic) bond motifs is 1. The standard InChI is InChI=1S/C17H11N3O3S2/c1-24-14-3-2-9(7-19-14)12-8-18-6-10-4-11(23-15(10)12)5-13-16(21)20-17(22)25-13/h2-8H,1H3,(H,20,21,22)/b13-5+. The monoisotopic (exact) mass is 369 g/mol. The molecule has 1 N–H and O–H groups in total. The minimum absolute atomic E-state index is 0.310. The molecule has 3 aromatic heterocycles. The molecule has 0 aliphatic carbocycles. The van der Waals surface area contributed by atoms with Crippen molar-refractivity contribution in [2.24, 2.45) is 0 Å². The van der Waals surface area contributed by atoms with E-state index in [2.05, 4.69) is 15.3 Å². The molecular formula is C17H11N3O3S2. The maximum absolute atomic E-state index is 11.7. The van der Waals surface area contributed by atoms with Gasteiger partial charge in [-0.15, -0.1) is 11.8 Å². The summed E-state index contributed by atoms with van der Waals surface area (Å²) in [7, 11) is 0. The van der Waals surface area contributed by atoms with Crippen LogP contribution >= 0.6 is 23.5 Å². The number of carbonyl (C=O) groups is 2. The maximum Gasteiger partial charge on any atom is 0.290 e. The summed E-state index contributed by atoms with van der Waals surface area (Å²) in [4.78, 5) is 31.9. The molecule has 1 saturated heterocycles. The van der Waals surface area contributed by atoms with E-state index in [9.17, 15) is 9.59 Å². The van der Waals surface area contributed by atoms with E-state index >= 15 is 0 Å². The van der Waals surface area contributed by atoms with Gasteiger partial charge in [0.1, 0.15) is 11.3 Å². The molecule has 25 heavy (non-hydrogen) atoms. The Morgan fingerprint density at radius 1 is 1.24 bits per heavy atom. The quantitative estimate of drug-likeness (QED) is 0.553. The zero-order valence-electron chi connectivity index (χ0n) is 13.0. The van der Waals surface area contributed by atoms with Gasteiger partial charge in [0, 0.05) is 41.2 Å². The van der Waals surface area contributed by atoms with E-state index < -0.39 is 5.91 Å². The van der Waals surface area contributed by atoms with Gasteiger partial charge in [-0.2, -0.15) is 0 Å². The molecule has 4 heterocycles. The summed E-state index contributed by atoms with van der Waals surface area (Å²) in [5.41, 5.74) is 2.38. The van der Waals surface area contributed by atoms with Crippen molar-refractivity contribution in [2.45, 2.75) is 5.03 Å². The Morgan fingerprint density at radius 2 is 2.12 bits per heavy atom. The summed E-state index contributed by atoms with van der Waals surface area (Å²) in [5, 5.41) is 3.59. The predicted molar refractivity (Wildman–Crippen MR) is 98.1 cm³/mol. The first-order valence-electron chi connectivity index (χ1n) is 7.27. The van der Waals surface area contributed by atoms with Gasteiger partial charge in [0.05, 0.1) is 9.93 Å². The molecule has 3 aromatic rings. The van der Waals surface area contributed by atoms with E-state index in [0.717, 1.165) is 33.3 Å². The third-order valence-corrected chi connectivity index (χ3v) is 5.08. The van der Waals surface area contributed by atoms with E-state index in [1.165, 1.54) is 0 Å². The van der Waals surface area contributed by atoms with Gasteiger partial charge < -0.3 is 4.42 Å². The fourth-order valence-electron chi connectivity index (χ4n) is 2.47. The molecule has 0 aromatic carbocycles. The molecule has 4 rings (SSSR count). The first kappa shape index (κ1) is 15.9. The maximum atomic E-state index is 11.7. The molecule has 1 fully saturated rings. The summed E-state index contributed by atoms with van der Waals surface area (Å²) >= 11 is 2.43. The van der Waals surface area contributed by atoms with Crippen LogP contribution in [0.4, 0.5) is 4.79 Å². The molecule has 0 spiro atoms. The average Bonchev–Trinajstić information content (AvgIpc) is 3.17. The van der Waals surface area contributed by atoms with E-state index in [-0.39, 0.29) is 5.24 Å². The van der Waals surface area contributed by atoms with Gasteiger partial charge in [0.2, 0.25) is 0 Å². The fraction of sp³-hybridized carbons (Fsp3) is 0.0588. The van der Waals surface area contributed by atoms with Crippen LogP contribution < -0.4 is 5.32 Å². The molecule has 1 aliphatic heterocycles. The Labute approximate surface area is 151 Å². The van der Waals surface area contributed by atoms with Gasteiger partial charge in [-0.3, -0.25) is 19.9 Å². The number of imide groups is 1. The lowest BCUT2D eigenvalue weighted by atomic mass is 10.1. The van der Waals surface area contributed by atoms with Crippen molar-refractivity contribution < 1.29 is 14.0 Å². The lowest BCUT2D eigenvalue weighted by Crippen LogP contribution is -2.17. The Kier molecular flexibility index (Phi) is 4.06. The molecule has 0 atom stereocenters. The van der Waals surface area contributed by atoms with Gasteiger partial charge in [-0.05, 0) is 36.2 Å². The largest absolute Gasteiger partial charge is 0.456 e. The van der Waals surface area contributed by atoms with Gasteiger partial charge in [-0.1, -0.05) is 0 Å². The highest BCUT2D eigenvalue weighted by molar-refractivity contribution is 8.18. The van der Waals surface area contributed by atoms with Crippen molar-refractivity contribution in [3.05, 3.63) is 47.5 Å². The minimum atomic E-state index is -0.411. The average molecular weight is 369 g/mol. The highest BCUT2D eigenvalue weighted by Gasteiger charge is 2.25. The smallest absolute Gasteiger partial charge is 0.290 e. The number of aromatic nitrogens is 2. The van der Waals surface area contributed by atoms with E-state index in [1.807, 2.05) is 18.4 Å². The molecule has 2 amide bonds. The van der Waals surface area contributed by atoms with E-state index in [4.69, 9.17) is 4.42 Å². The second kappa shape index (κ2) is 6.38. The SMILES string of the molecule is CSc1ccc(-c2cncc3cc(/C=C4/SC(=O)NC4=O)oc23)cn1. The Balaban J connectivity index is 1.77. The predicted octanol–water partition coefficient (Wildman–Crippen LogP) is 3.94. The van der Waals surface area contributed by atoms with Gasteiger partial charge in [-0.25, -0.2) is 4.98 Å². The van der Waals surface area contributed by atoms with Crippen molar-refractivity contribution in [1.82, 2.24) is 15.3 Å². The Hall–Kier alpha value is -2.58. The van der Waals surface area contributed by atoms with Crippen LogP contribution in [0.15, 0.2) is 51.1 Å². The highest BCUT2D eigenvalue weighted by Crippen LogP contribution is 2.32. The number of thioether (sulfide) groups is 2. The Morgan fingerprint density at radius 3 is 2.80 bits per heavy atom. The lowest BCUT2D eigenvalue weighted by molar-refractivity contribution is -0.115. The third kappa shape index (κ3) is 3.06. The Bertz CT molecular complexity index is 1030. The summed E-state index contributed by atoms with van der Waals surface area (Å²) in [6, 6.07) is 5.70. The second-order valence-electron chi connectivity index (χ2n) is 5.20. The summed E-state index contributed by atoms with van der Waals surface area (Å²) in [6.07, 6.45) is 8.73. The van der Waals surface area contributed by atoms with Gasteiger partial charge in [0.15, 0.2) is 0 Å². The summed E-state index contributed by atoms with van der Waals surface area (Å²) < 4.78 is 5.90. The molecule has 0 bridgehead atoms. The van der Waals surface area contributed by atoms with Crippen LogP contribution in [0.25, 0.3) is 28.2 Å². The van der Waals surface area contributed by atoms with Crippen LogP contribution in [0.3, 0.4) is 0 Å². The number of hydrogen-bond donors (Lipinski definition) is 1. The third-order valence-electron chi connectivity index (χ3n) is 3.61. The van der Waals surface area contributed by atoms with Crippen LogP contribution in [0.1, 0.15) is 5.76 Å². The minimum Gasteiger partial charge on any atom is -0.456 e. The van der Waals surface area contributed by atoms with Crippen molar-refractivity contribution in [2.75, 3.05) is 6.26 Å². The van der Waals surface area contributed by atoms with Crippen LogP contribution in [-0.4, -0.2) is 27.4 Å². The zero-order chi connectivity index (χ0) is 17.4. The number of carbonyl (C=O) groups excluding carboxylic acids is 2. The number of nitrogens with one attached hydrogen (secondary N) is 1. The van der Waals surface area contributed by atoms with E-state index in [0.29, 0.717) is 16.2 Å². The fourth-order valence-corrected chi connectivity index (χ4v) is 3.49. The zero-order valence-corrected chi connectivity index (χ0v) is 14.6. The molecule has 0 radical (unpaired) electrons. The van der Waals surface area contributed by atoms with Gasteiger partial charge >= 0.3 is 0 Å². The molecule has 1 aliphatic rings. The summed E-state index contributed by atoms with van der Waals surface area (Å²) in [6.45, 7) is 0. The number of furan rings is 1. The second-order valence-corrected chi connectivity index (χ2v) is 7.04. The molecule has 8 heteroatoms. The number of hydrogen-bond acceptors (Lipinski definition) is 7. The molecule has 6 nitrogen and oxygen atoms in total. The summed E-state index contributed by atoms with van der Waals surface area (Å²) in [5.74, 6) is 0.0796. The first-order chi connectivity index (χ1) is 12.1. The molecule has 0 unspecified atom stereocenters. The first-order valence-corrected chi connectivity index (χ1v) is 9.31.